The van der Waals surface area contributed by atoms with Crippen LogP contribution in [0.15, 0.2) is 47.0 Å². The molecular weight excluding hydrogens is 242 g/mol. The van der Waals surface area contributed by atoms with Crippen LogP contribution in [0, 0.1) is 6.92 Å². The van der Waals surface area contributed by atoms with Crippen LogP contribution in [0.2, 0.25) is 0 Å². The Morgan fingerprint density at radius 2 is 1.89 bits per heavy atom. The van der Waals surface area contributed by atoms with Gasteiger partial charge in [-0.3, -0.25) is 0 Å². The minimum atomic E-state index is 0.164. The van der Waals surface area contributed by atoms with Crippen LogP contribution in [0.5, 0.6) is 5.75 Å². The highest BCUT2D eigenvalue weighted by molar-refractivity contribution is 5.59. The van der Waals surface area contributed by atoms with Gasteiger partial charge < -0.3 is 9.63 Å². The van der Waals surface area contributed by atoms with Crippen LogP contribution in [-0.2, 0) is 0 Å². The summed E-state index contributed by atoms with van der Waals surface area (Å²) in [5, 5.41) is 13.3. The predicted molar refractivity (Wildman–Crippen MR) is 69.4 cm³/mol. The van der Waals surface area contributed by atoms with E-state index >= 15 is 0 Å². The molecular formula is C14H11N3O2. The van der Waals surface area contributed by atoms with Crippen LogP contribution in [0.1, 0.15) is 5.69 Å². The summed E-state index contributed by atoms with van der Waals surface area (Å²) in [6.45, 7) is 1.90. The van der Waals surface area contributed by atoms with Crippen molar-refractivity contribution in [3.63, 3.8) is 0 Å². The van der Waals surface area contributed by atoms with Crippen molar-refractivity contribution in [2.75, 3.05) is 0 Å². The Labute approximate surface area is 109 Å². The number of rotatable bonds is 2. The molecule has 3 rings (SSSR count). The molecule has 5 nitrogen and oxygen atoms in total. The second kappa shape index (κ2) is 4.53. The number of aryl methyl sites for hydroxylation is 1. The lowest BCUT2D eigenvalue weighted by Crippen LogP contribution is -1.86. The summed E-state index contributed by atoms with van der Waals surface area (Å²) >= 11 is 0. The predicted octanol–water partition coefficient (Wildman–Crippen LogP) is 2.81. The molecule has 0 atom stereocenters. The lowest BCUT2D eigenvalue weighted by atomic mass is 10.2. The van der Waals surface area contributed by atoms with Crippen molar-refractivity contribution in [1.82, 2.24) is 15.1 Å². The molecule has 0 amide bonds. The first-order valence-corrected chi connectivity index (χ1v) is 5.79. The highest BCUT2D eigenvalue weighted by Gasteiger charge is 2.11. The molecule has 0 aliphatic carbocycles. The molecule has 19 heavy (non-hydrogen) atoms. The Balaban J connectivity index is 2.00. The molecule has 0 saturated carbocycles. The number of pyridine rings is 1. The monoisotopic (exact) mass is 253 g/mol. The van der Waals surface area contributed by atoms with Gasteiger partial charge in [-0.05, 0) is 31.2 Å². The zero-order chi connectivity index (χ0) is 13.2. The quantitative estimate of drug-likeness (QED) is 0.760. The Hall–Kier alpha value is -2.69. The van der Waals surface area contributed by atoms with Gasteiger partial charge in [0, 0.05) is 11.3 Å². The molecule has 0 unspecified atom stereocenters. The summed E-state index contributed by atoms with van der Waals surface area (Å²) in [6.07, 6.45) is 0. The summed E-state index contributed by atoms with van der Waals surface area (Å²) in [5.74, 6) is 0.953. The minimum absolute atomic E-state index is 0.164. The normalized spacial score (nSPS) is 10.6. The molecule has 2 heterocycles. The zero-order valence-electron chi connectivity index (χ0n) is 10.2. The minimum Gasteiger partial charge on any atom is -0.508 e. The van der Waals surface area contributed by atoms with Crippen LogP contribution in [0.4, 0.5) is 0 Å². The van der Waals surface area contributed by atoms with Crippen LogP contribution >= 0.6 is 0 Å². The van der Waals surface area contributed by atoms with Gasteiger partial charge in [0.2, 0.25) is 5.82 Å². The fourth-order valence-corrected chi connectivity index (χ4v) is 1.75. The van der Waals surface area contributed by atoms with Gasteiger partial charge in [0.1, 0.15) is 11.4 Å². The maximum absolute atomic E-state index is 9.44. The third-order valence-corrected chi connectivity index (χ3v) is 2.64. The number of aromatic nitrogens is 3. The molecule has 0 saturated heterocycles. The van der Waals surface area contributed by atoms with E-state index in [0.717, 1.165) is 5.69 Å². The van der Waals surface area contributed by atoms with Crippen LogP contribution in [0.25, 0.3) is 23.0 Å². The molecule has 1 N–H and O–H groups in total. The lowest BCUT2D eigenvalue weighted by Gasteiger charge is -1.95. The van der Waals surface area contributed by atoms with Crippen molar-refractivity contribution in [2.45, 2.75) is 6.92 Å². The van der Waals surface area contributed by atoms with E-state index in [1.165, 1.54) is 0 Å². The molecule has 5 heteroatoms. The molecule has 0 spiro atoms. The van der Waals surface area contributed by atoms with Crippen LogP contribution in [-0.4, -0.2) is 20.2 Å². The van der Waals surface area contributed by atoms with Crippen molar-refractivity contribution in [2.24, 2.45) is 0 Å². The third-order valence-electron chi connectivity index (χ3n) is 2.64. The van der Waals surface area contributed by atoms with Gasteiger partial charge in [-0.1, -0.05) is 23.4 Å². The van der Waals surface area contributed by atoms with E-state index in [2.05, 4.69) is 15.1 Å². The third kappa shape index (κ3) is 2.30. The van der Waals surface area contributed by atoms with E-state index in [1.807, 2.05) is 25.1 Å². The molecule has 0 bridgehead atoms. The largest absolute Gasteiger partial charge is 0.508 e. The fourth-order valence-electron chi connectivity index (χ4n) is 1.75. The van der Waals surface area contributed by atoms with Crippen molar-refractivity contribution in [3.05, 3.63) is 48.2 Å². The number of nitrogens with zero attached hydrogens (tertiary/aromatic N) is 3. The Morgan fingerprint density at radius 3 is 2.68 bits per heavy atom. The van der Waals surface area contributed by atoms with Crippen molar-refractivity contribution < 1.29 is 9.63 Å². The Kier molecular flexibility index (Phi) is 2.72. The van der Waals surface area contributed by atoms with E-state index in [1.54, 1.807) is 24.3 Å². The number of aromatic hydroxyl groups is 1. The van der Waals surface area contributed by atoms with E-state index in [0.29, 0.717) is 23.0 Å². The van der Waals surface area contributed by atoms with Gasteiger partial charge in [0.25, 0.3) is 5.89 Å². The maximum Gasteiger partial charge on any atom is 0.276 e. The average molecular weight is 253 g/mol. The molecule has 0 aliphatic rings. The second-order valence-electron chi connectivity index (χ2n) is 4.14. The molecule has 0 fully saturated rings. The van der Waals surface area contributed by atoms with Crippen LogP contribution in [0.3, 0.4) is 0 Å². The summed E-state index contributed by atoms with van der Waals surface area (Å²) in [4.78, 5) is 8.60. The van der Waals surface area contributed by atoms with Crippen molar-refractivity contribution in [3.8, 4) is 28.7 Å². The Morgan fingerprint density at radius 1 is 1.05 bits per heavy atom. The summed E-state index contributed by atoms with van der Waals surface area (Å²) in [6, 6.07) is 12.3. The highest BCUT2D eigenvalue weighted by Crippen LogP contribution is 2.23. The first kappa shape index (κ1) is 11.4. The summed E-state index contributed by atoms with van der Waals surface area (Å²) < 4.78 is 5.19. The van der Waals surface area contributed by atoms with E-state index in [4.69, 9.17) is 4.52 Å². The van der Waals surface area contributed by atoms with Gasteiger partial charge >= 0.3 is 0 Å². The van der Waals surface area contributed by atoms with Crippen LogP contribution < -0.4 is 0 Å². The zero-order valence-corrected chi connectivity index (χ0v) is 10.2. The topological polar surface area (TPSA) is 72.0 Å². The van der Waals surface area contributed by atoms with E-state index < -0.39 is 0 Å². The first-order chi connectivity index (χ1) is 9.22. The summed E-state index contributed by atoms with van der Waals surface area (Å²) in [7, 11) is 0. The van der Waals surface area contributed by atoms with E-state index in [-0.39, 0.29) is 5.75 Å². The van der Waals surface area contributed by atoms with Gasteiger partial charge in [0.05, 0.1) is 0 Å². The van der Waals surface area contributed by atoms with Crippen molar-refractivity contribution >= 4 is 0 Å². The van der Waals surface area contributed by atoms with Gasteiger partial charge in [-0.25, -0.2) is 4.98 Å². The molecule has 3 aromatic rings. The lowest BCUT2D eigenvalue weighted by molar-refractivity contribution is 0.431. The van der Waals surface area contributed by atoms with Crippen molar-refractivity contribution in [1.29, 1.82) is 0 Å². The molecule has 0 aliphatic heterocycles. The number of phenolic OH excluding ortho intramolecular Hbond substituents is 1. The van der Waals surface area contributed by atoms with Gasteiger partial charge in [-0.15, -0.1) is 0 Å². The first-order valence-electron chi connectivity index (χ1n) is 5.79. The van der Waals surface area contributed by atoms with Gasteiger partial charge in [-0.2, -0.15) is 4.98 Å². The molecule has 0 radical (unpaired) electrons. The maximum atomic E-state index is 9.44. The second-order valence-corrected chi connectivity index (χ2v) is 4.14. The standard InChI is InChI=1S/C14H11N3O2/c1-9-4-2-7-12(15-9)14-16-13(17-19-14)10-5-3-6-11(18)8-10/h2-8,18H,1H3. The summed E-state index contributed by atoms with van der Waals surface area (Å²) in [5.41, 5.74) is 2.22. The molecule has 94 valence electrons. The Bertz CT molecular complexity index is 662. The number of benzene rings is 1. The fraction of sp³-hybridized carbons (Fsp3) is 0.0714. The number of phenols is 1. The molecule has 2 aromatic heterocycles. The number of hydrogen-bond acceptors (Lipinski definition) is 5. The van der Waals surface area contributed by atoms with E-state index in [9.17, 15) is 5.11 Å². The smallest absolute Gasteiger partial charge is 0.276 e. The molecule has 1 aromatic carbocycles. The van der Waals surface area contributed by atoms with Gasteiger partial charge in [0.15, 0.2) is 0 Å². The number of hydrogen-bond donors (Lipinski definition) is 1. The SMILES string of the molecule is Cc1cccc(-c2nc(-c3cccc(O)c3)no2)n1. The average Bonchev–Trinajstić information content (AvgIpc) is 2.88. The highest BCUT2D eigenvalue weighted by atomic mass is 16.5.